The van der Waals surface area contributed by atoms with Crippen molar-refractivity contribution in [2.45, 2.75) is 25.8 Å². The lowest BCUT2D eigenvalue weighted by molar-refractivity contribution is 0.0753. The fraction of sp³-hybridized carbons (Fsp3) is 0.462. The third-order valence-electron chi connectivity index (χ3n) is 2.92. The van der Waals surface area contributed by atoms with Gasteiger partial charge < -0.3 is 10.6 Å². The average Bonchev–Trinajstić information content (AvgIpc) is 2.40. The molecule has 1 heterocycles. The maximum absolute atomic E-state index is 12.2. The Hall–Kier alpha value is -1.35. The highest BCUT2D eigenvalue weighted by molar-refractivity contribution is 5.96. The molecule has 1 atom stereocenters. The van der Waals surface area contributed by atoms with Crippen LogP contribution in [0.5, 0.6) is 0 Å². The lowest BCUT2D eigenvalue weighted by Gasteiger charge is -2.22. The fourth-order valence-electron chi connectivity index (χ4n) is 2.20. The molecule has 2 N–H and O–H groups in total. The summed E-state index contributed by atoms with van der Waals surface area (Å²) >= 11 is 0. The van der Waals surface area contributed by atoms with Crippen molar-refractivity contribution < 1.29 is 4.79 Å². The molecule has 86 valence electrons. The SMILES string of the molecule is CC(N)CN1CCCc2ccccc2C1=O. The van der Waals surface area contributed by atoms with Gasteiger partial charge in [-0.1, -0.05) is 18.2 Å². The number of amides is 1. The first kappa shape index (κ1) is 11.1. The summed E-state index contributed by atoms with van der Waals surface area (Å²) in [4.78, 5) is 14.1. The molecule has 1 unspecified atom stereocenters. The van der Waals surface area contributed by atoms with Crippen LogP contribution in [0.4, 0.5) is 0 Å². The monoisotopic (exact) mass is 218 g/mol. The number of hydrogen-bond acceptors (Lipinski definition) is 2. The minimum atomic E-state index is 0.0363. The van der Waals surface area contributed by atoms with Gasteiger partial charge in [-0.25, -0.2) is 0 Å². The van der Waals surface area contributed by atoms with Crippen molar-refractivity contribution in [1.29, 1.82) is 0 Å². The molecule has 1 aliphatic rings. The van der Waals surface area contributed by atoms with Crippen molar-refractivity contribution in [2.24, 2.45) is 5.73 Å². The van der Waals surface area contributed by atoms with Crippen molar-refractivity contribution in [3.63, 3.8) is 0 Å². The van der Waals surface area contributed by atoms with E-state index in [9.17, 15) is 4.79 Å². The summed E-state index contributed by atoms with van der Waals surface area (Å²) in [5.41, 5.74) is 7.78. The van der Waals surface area contributed by atoms with Crippen LogP contribution >= 0.6 is 0 Å². The van der Waals surface area contributed by atoms with Gasteiger partial charge in [0.2, 0.25) is 0 Å². The van der Waals surface area contributed by atoms with E-state index in [1.165, 1.54) is 5.56 Å². The summed E-state index contributed by atoms with van der Waals surface area (Å²) in [6, 6.07) is 7.91. The summed E-state index contributed by atoms with van der Waals surface area (Å²) in [5.74, 6) is 0.130. The Bertz CT molecular complexity index is 387. The first-order valence-electron chi connectivity index (χ1n) is 5.81. The molecular weight excluding hydrogens is 200 g/mol. The normalized spacial score (nSPS) is 17.9. The van der Waals surface area contributed by atoms with Crippen molar-refractivity contribution >= 4 is 5.91 Å². The molecule has 0 spiro atoms. The van der Waals surface area contributed by atoms with E-state index in [2.05, 4.69) is 0 Å². The van der Waals surface area contributed by atoms with Crippen LogP contribution in [-0.2, 0) is 6.42 Å². The van der Waals surface area contributed by atoms with E-state index in [4.69, 9.17) is 5.73 Å². The van der Waals surface area contributed by atoms with Crippen LogP contribution in [0.1, 0.15) is 29.3 Å². The Labute approximate surface area is 96.2 Å². The molecule has 0 saturated carbocycles. The topological polar surface area (TPSA) is 46.3 Å². The maximum Gasteiger partial charge on any atom is 0.254 e. The first-order valence-corrected chi connectivity index (χ1v) is 5.81. The van der Waals surface area contributed by atoms with Crippen LogP contribution in [0.2, 0.25) is 0 Å². The number of fused-ring (bicyclic) bond motifs is 1. The van der Waals surface area contributed by atoms with Crippen molar-refractivity contribution in [3.05, 3.63) is 35.4 Å². The molecule has 2 rings (SSSR count). The Morgan fingerprint density at radius 2 is 2.19 bits per heavy atom. The van der Waals surface area contributed by atoms with Crippen molar-refractivity contribution in [1.82, 2.24) is 4.90 Å². The van der Waals surface area contributed by atoms with E-state index < -0.39 is 0 Å². The third-order valence-corrected chi connectivity index (χ3v) is 2.92. The highest BCUT2D eigenvalue weighted by atomic mass is 16.2. The molecule has 1 amide bonds. The quantitative estimate of drug-likeness (QED) is 0.816. The van der Waals surface area contributed by atoms with Gasteiger partial charge in [-0.2, -0.15) is 0 Å². The van der Waals surface area contributed by atoms with Gasteiger partial charge >= 0.3 is 0 Å². The van der Waals surface area contributed by atoms with Gasteiger partial charge in [-0.05, 0) is 31.4 Å². The van der Waals surface area contributed by atoms with Gasteiger partial charge in [-0.15, -0.1) is 0 Å². The number of carbonyl (C=O) groups excluding carboxylic acids is 1. The lowest BCUT2D eigenvalue weighted by atomic mass is 10.0. The van der Waals surface area contributed by atoms with Gasteiger partial charge in [0.25, 0.3) is 5.91 Å². The van der Waals surface area contributed by atoms with E-state index >= 15 is 0 Å². The number of nitrogens with two attached hydrogens (primary N) is 1. The number of aryl methyl sites for hydroxylation is 1. The molecular formula is C13H18N2O. The number of rotatable bonds is 2. The van der Waals surface area contributed by atoms with E-state index in [0.29, 0.717) is 6.54 Å². The lowest BCUT2D eigenvalue weighted by Crippen LogP contribution is -2.39. The predicted molar refractivity (Wildman–Crippen MR) is 64.3 cm³/mol. The smallest absolute Gasteiger partial charge is 0.254 e. The number of hydrogen-bond donors (Lipinski definition) is 1. The van der Waals surface area contributed by atoms with Gasteiger partial charge in [0.05, 0.1) is 0 Å². The largest absolute Gasteiger partial charge is 0.337 e. The van der Waals surface area contributed by atoms with Gasteiger partial charge in [0, 0.05) is 24.7 Å². The second-order valence-electron chi connectivity index (χ2n) is 4.49. The van der Waals surface area contributed by atoms with Crippen LogP contribution < -0.4 is 5.73 Å². The zero-order valence-electron chi connectivity index (χ0n) is 9.65. The molecule has 1 aromatic rings. The standard InChI is InChI=1S/C13H18N2O/c1-10(14)9-15-8-4-6-11-5-2-3-7-12(11)13(15)16/h2-3,5,7,10H,4,6,8-9,14H2,1H3. The molecule has 16 heavy (non-hydrogen) atoms. The molecule has 3 nitrogen and oxygen atoms in total. The zero-order valence-corrected chi connectivity index (χ0v) is 9.65. The molecule has 0 radical (unpaired) electrons. The molecule has 3 heteroatoms. The predicted octanol–water partition coefficient (Wildman–Crippen LogP) is 1.42. The zero-order chi connectivity index (χ0) is 11.5. The van der Waals surface area contributed by atoms with Crippen molar-refractivity contribution in [2.75, 3.05) is 13.1 Å². The Morgan fingerprint density at radius 3 is 2.94 bits per heavy atom. The second-order valence-corrected chi connectivity index (χ2v) is 4.49. The molecule has 0 bridgehead atoms. The fourth-order valence-corrected chi connectivity index (χ4v) is 2.20. The minimum absolute atomic E-state index is 0.0363. The second kappa shape index (κ2) is 4.66. The summed E-state index contributed by atoms with van der Waals surface area (Å²) in [6.45, 7) is 3.40. The molecule has 0 saturated heterocycles. The number of benzene rings is 1. The summed E-state index contributed by atoms with van der Waals surface area (Å²) < 4.78 is 0. The maximum atomic E-state index is 12.2. The highest BCUT2D eigenvalue weighted by Crippen LogP contribution is 2.18. The van der Waals surface area contributed by atoms with Crippen LogP contribution in [0.15, 0.2) is 24.3 Å². The number of nitrogens with zero attached hydrogens (tertiary/aromatic N) is 1. The van der Waals surface area contributed by atoms with Gasteiger partial charge in [0.1, 0.15) is 0 Å². The molecule has 0 fully saturated rings. The van der Waals surface area contributed by atoms with E-state index in [0.717, 1.165) is 24.9 Å². The molecule has 0 aromatic heterocycles. The number of carbonyl (C=O) groups is 1. The molecule has 1 aliphatic heterocycles. The summed E-state index contributed by atoms with van der Waals surface area (Å²) in [6.07, 6.45) is 2.01. The van der Waals surface area contributed by atoms with Crippen LogP contribution in [0, 0.1) is 0 Å². The summed E-state index contributed by atoms with van der Waals surface area (Å²) in [5, 5.41) is 0. The van der Waals surface area contributed by atoms with Crippen molar-refractivity contribution in [3.8, 4) is 0 Å². The Kier molecular flexibility index (Phi) is 3.25. The first-order chi connectivity index (χ1) is 7.68. The highest BCUT2D eigenvalue weighted by Gasteiger charge is 2.22. The van der Waals surface area contributed by atoms with E-state index in [-0.39, 0.29) is 11.9 Å². The molecule has 1 aromatic carbocycles. The Balaban J connectivity index is 2.26. The van der Waals surface area contributed by atoms with Crippen LogP contribution in [0.3, 0.4) is 0 Å². The van der Waals surface area contributed by atoms with Gasteiger partial charge in [0.15, 0.2) is 0 Å². The van der Waals surface area contributed by atoms with Crippen LogP contribution in [0.25, 0.3) is 0 Å². The molecule has 0 aliphatic carbocycles. The third kappa shape index (κ3) is 2.25. The van der Waals surface area contributed by atoms with Crippen LogP contribution in [-0.4, -0.2) is 29.9 Å². The van der Waals surface area contributed by atoms with E-state index in [1.54, 1.807) is 0 Å². The summed E-state index contributed by atoms with van der Waals surface area (Å²) in [7, 11) is 0. The Morgan fingerprint density at radius 1 is 1.44 bits per heavy atom. The van der Waals surface area contributed by atoms with E-state index in [1.807, 2.05) is 36.1 Å². The van der Waals surface area contributed by atoms with Gasteiger partial charge in [-0.3, -0.25) is 4.79 Å². The minimum Gasteiger partial charge on any atom is -0.337 e. The average molecular weight is 218 g/mol.